The Kier molecular flexibility index (Phi) is 5.59. The lowest BCUT2D eigenvalue weighted by atomic mass is 10.2. The van der Waals surface area contributed by atoms with Crippen LogP contribution in [-0.4, -0.2) is 31.0 Å². The molecule has 0 aliphatic rings. The predicted molar refractivity (Wildman–Crippen MR) is 100 cm³/mol. The van der Waals surface area contributed by atoms with Crippen LogP contribution in [0.4, 0.5) is 11.4 Å². The minimum Gasteiger partial charge on any atom is -0.322 e. The molecule has 0 aliphatic heterocycles. The third kappa shape index (κ3) is 4.35. The van der Waals surface area contributed by atoms with Crippen LogP contribution in [0.25, 0.3) is 0 Å². The molecule has 9 nitrogen and oxygen atoms in total. The first-order valence-corrected chi connectivity index (χ1v) is 8.87. The fourth-order valence-electron chi connectivity index (χ4n) is 2.08. The van der Waals surface area contributed by atoms with Crippen LogP contribution in [0.15, 0.2) is 46.5 Å². The molecule has 1 heterocycles. The van der Waals surface area contributed by atoms with Crippen molar-refractivity contribution in [1.82, 2.24) is 20.2 Å². The number of tetrazole rings is 1. The quantitative estimate of drug-likeness (QED) is 0.488. The van der Waals surface area contributed by atoms with Gasteiger partial charge >= 0.3 is 0 Å². The van der Waals surface area contributed by atoms with E-state index < -0.39 is 10.8 Å². The topological polar surface area (TPSA) is 116 Å². The van der Waals surface area contributed by atoms with Gasteiger partial charge in [0.15, 0.2) is 0 Å². The second-order valence-corrected chi connectivity index (χ2v) is 7.03. The fraction of sp³-hybridized carbons (Fsp3) is 0.0667. The van der Waals surface area contributed by atoms with Crippen LogP contribution in [0.1, 0.15) is 10.4 Å². The van der Waals surface area contributed by atoms with Gasteiger partial charge in [-0.1, -0.05) is 23.2 Å². The van der Waals surface area contributed by atoms with Crippen molar-refractivity contribution in [2.45, 2.75) is 10.1 Å². The minimum atomic E-state index is -0.575. The number of carbonyl (C=O) groups excluding carboxylic acids is 1. The second kappa shape index (κ2) is 7.91. The van der Waals surface area contributed by atoms with Crippen molar-refractivity contribution in [1.29, 1.82) is 0 Å². The number of carbonyl (C=O) groups is 1. The van der Waals surface area contributed by atoms with Crippen molar-refractivity contribution >= 4 is 52.2 Å². The van der Waals surface area contributed by atoms with E-state index in [9.17, 15) is 14.9 Å². The number of benzene rings is 2. The van der Waals surface area contributed by atoms with E-state index in [0.29, 0.717) is 20.8 Å². The molecular weight excluding hydrogens is 415 g/mol. The summed E-state index contributed by atoms with van der Waals surface area (Å²) in [7, 11) is 1.64. The molecule has 0 saturated carbocycles. The summed E-state index contributed by atoms with van der Waals surface area (Å²) < 4.78 is 1.42. The van der Waals surface area contributed by atoms with E-state index in [1.54, 1.807) is 13.1 Å². The summed E-state index contributed by atoms with van der Waals surface area (Å²) in [5, 5.41) is 25.9. The normalized spacial score (nSPS) is 10.6. The van der Waals surface area contributed by atoms with Gasteiger partial charge in [0.05, 0.1) is 20.5 Å². The molecule has 3 aromatic rings. The van der Waals surface area contributed by atoms with Crippen molar-refractivity contribution in [2.24, 2.45) is 7.05 Å². The third-order valence-corrected chi connectivity index (χ3v) is 5.22. The van der Waals surface area contributed by atoms with Crippen LogP contribution in [0.2, 0.25) is 10.0 Å². The van der Waals surface area contributed by atoms with Gasteiger partial charge in [0.1, 0.15) is 0 Å². The second-order valence-electron chi connectivity index (χ2n) is 5.21. The van der Waals surface area contributed by atoms with Crippen molar-refractivity contribution in [3.63, 3.8) is 0 Å². The molecule has 0 saturated heterocycles. The number of amides is 1. The molecule has 2 aromatic carbocycles. The average Bonchev–Trinajstić information content (AvgIpc) is 3.03. The smallest absolute Gasteiger partial charge is 0.270 e. The molecule has 0 fully saturated rings. The van der Waals surface area contributed by atoms with Crippen molar-refractivity contribution in [2.75, 3.05) is 5.32 Å². The number of aromatic nitrogens is 4. The zero-order chi connectivity index (χ0) is 19.6. The van der Waals surface area contributed by atoms with Gasteiger partial charge in [-0.2, -0.15) is 0 Å². The average molecular weight is 425 g/mol. The maximum atomic E-state index is 12.7. The van der Waals surface area contributed by atoms with Crippen molar-refractivity contribution in [3.05, 3.63) is 62.1 Å². The Morgan fingerprint density at radius 3 is 2.63 bits per heavy atom. The Morgan fingerprint density at radius 1 is 1.22 bits per heavy atom. The summed E-state index contributed by atoms with van der Waals surface area (Å²) in [6, 6.07) is 8.57. The molecular formula is C15H10Cl2N6O3S. The number of rotatable bonds is 5. The van der Waals surface area contributed by atoms with E-state index in [0.717, 1.165) is 11.8 Å². The van der Waals surface area contributed by atoms with Gasteiger partial charge in [-0.25, -0.2) is 4.68 Å². The Labute approximate surface area is 166 Å². The highest BCUT2D eigenvalue weighted by Crippen LogP contribution is 2.32. The van der Waals surface area contributed by atoms with E-state index >= 15 is 0 Å². The molecule has 0 bridgehead atoms. The molecule has 3 rings (SSSR count). The van der Waals surface area contributed by atoms with Gasteiger partial charge in [-0.3, -0.25) is 14.9 Å². The van der Waals surface area contributed by atoms with Crippen LogP contribution in [0, 0.1) is 10.1 Å². The molecule has 0 spiro atoms. The van der Waals surface area contributed by atoms with E-state index in [2.05, 4.69) is 20.8 Å². The third-order valence-electron chi connectivity index (χ3n) is 3.38. The number of hydrogen-bond acceptors (Lipinski definition) is 7. The maximum Gasteiger partial charge on any atom is 0.270 e. The number of aryl methyl sites for hydroxylation is 1. The Morgan fingerprint density at radius 2 is 2.00 bits per heavy atom. The molecule has 1 N–H and O–H groups in total. The number of nitrogens with zero attached hydrogens (tertiary/aromatic N) is 5. The molecule has 1 amide bonds. The summed E-state index contributed by atoms with van der Waals surface area (Å²) in [5.41, 5.74) is 0.287. The standard InChI is InChI=1S/C15H10Cl2N6O3S/c1-22-15(19-20-21-22)27-13-5-3-9(23(25)26)7-10(13)14(24)18-8-2-4-11(16)12(17)6-8/h2-7H,1H3,(H,18,24). The SMILES string of the molecule is Cn1nnnc1Sc1ccc([N+](=O)[O-])cc1C(=O)Nc1ccc(Cl)c(Cl)c1. The summed E-state index contributed by atoms with van der Waals surface area (Å²) >= 11 is 12.9. The largest absolute Gasteiger partial charge is 0.322 e. The first-order chi connectivity index (χ1) is 12.8. The Balaban J connectivity index is 1.96. The molecule has 0 unspecified atom stereocenters. The number of hydrogen-bond donors (Lipinski definition) is 1. The van der Waals surface area contributed by atoms with E-state index in [-0.39, 0.29) is 16.3 Å². The summed E-state index contributed by atoms with van der Waals surface area (Å²) in [5.74, 6) is -0.547. The van der Waals surface area contributed by atoms with E-state index in [1.165, 1.54) is 35.0 Å². The molecule has 0 aliphatic carbocycles. The number of nitrogens with one attached hydrogen (secondary N) is 1. The molecule has 12 heteroatoms. The molecule has 0 radical (unpaired) electrons. The summed E-state index contributed by atoms with van der Waals surface area (Å²) in [4.78, 5) is 23.7. The zero-order valence-corrected chi connectivity index (χ0v) is 15.9. The van der Waals surface area contributed by atoms with Crippen LogP contribution in [0.3, 0.4) is 0 Å². The van der Waals surface area contributed by atoms with E-state index in [4.69, 9.17) is 23.2 Å². The van der Waals surface area contributed by atoms with Crippen molar-refractivity contribution < 1.29 is 9.72 Å². The maximum absolute atomic E-state index is 12.7. The zero-order valence-electron chi connectivity index (χ0n) is 13.6. The Hall–Kier alpha value is -2.69. The fourth-order valence-corrected chi connectivity index (χ4v) is 3.21. The first kappa shape index (κ1) is 19.1. The van der Waals surface area contributed by atoms with Crippen LogP contribution < -0.4 is 5.32 Å². The van der Waals surface area contributed by atoms with Gasteiger partial charge in [0, 0.05) is 29.8 Å². The number of non-ortho nitro benzene ring substituents is 1. The van der Waals surface area contributed by atoms with Crippen LogP contribution in [0.5, 0.6) is 0 Å². The number of nitro benzene ring substituents is 1. The summed E-state index contributed by atoms with van der Waals surface area (Å²) in [6.07, 6.45) is 0. The van der Waals surface area contributed by atoms with Crippen LogP contribution >= 0.6 is 35.0 Å². The lowest BCUT2D eigenvalue weighted by Gasteiger charge is -2.10. The lowest BCUT2D eigenvalue weighted by molar-refractivity contribution is -0.384. The van der Waals surface area contributed by atoms with Crippen molar-refractivity contribution in [3.8, 4) is 0 Å². The van der Waals surface area contributed by atoms with Crippen LogP contribution in [-0.2, 0) is 7.05 Å². The highest BCUT2D eigenvalue weighted by molar-refractivity contribution is 7.99. The molecule has 1 aromatic heterocycles. The summed E-state index contributed by atoms with van der Waals surface area (Å²) in [6.45, 7) is 0. The molecule has 0 atom stereocenters. The highest BCUT2D eigenvalue weighted by Gasteiger charge is 2.19. The molecule has 27 heavy (non-hydrogen) atoms. The minimum absolute atomic E-state index is 0.100. The van der Waals surface area contributed by atoms with Gasteiger partial charge in [-0.05, 0) is 46.5 Å². The van der Waals surface area contributed by atoms with Gasteiger partial charge in [-0.15, -0.1) is 5.10 Å². The first-order valence-electron chi connectivity index (χ1n) is 7.30. The molecule has 138 valence electrons. The van der Waals surface area contributed by atoms with Gasteiger partial charge in [0.25, 0.3) is 11.6 Å². The lowest BCUT2D eigenvalue weighted by Crippen LogP contribution is -2.13. The predicted octanol–water partition coefficient (Wildman–Crippen LogP) is 3.83. The highest BCUT2D eigenvalue weighted by atomic mass is 35.5. The van der Waals surface area contributed by atoms with Gasteiger partial charge in [0.2, 0.25) is 5.16 Å². The monoisotopic (exact) mass is 424 g/mol. The number of anilines is 1. The van der Waals surface area contributed by atoms with Gasteiger partial charge < -0.3 is 5.32 Å². The van der Waals surface area contributed by atoms with E-state index in [1.807, 2.05) is 0 Å². The number of halogens is 2. The number of nitro groups is 1. The Bertz CT molecular complexity index is 1040.